The molecule has 118 valence electrons. The Morgan fingerprint density at radius 3 is 1.95 bits per heavy atom. The second-order valence-corrected chi connectivity index (χ2v) is 5.52. The summed E-state index contributed by atoms with van der Waals surface area (Å²) in [6, 6.07) is -0.370. The summed E-state index contributed by atoms with van der Waals surface area (Å²) in [5.41, 5.74) is -1.34. The molecule has 0 rings (SSSR count). The maximum atomic E-state index is 11.7. The number of carboxylic acid groups (broad SMARTS) is 1. The van der Waals surface area contributed by atoms with Crippen molar-refractivity contribution in [2.24, 2.45) is 5.41 Å². The van der Waals surface area contributed by atoms with Crippen molar-refractivity contribution in [2.45, 2.75) is 53.1 Å². The number of hydrogen-bond donors (Lipinski definition) is 3. The Morgan fingerprint density at radius 1 is 1.05 bits per heavy atom. The third-order valence-electron chi connectivity index (χ3n) is 3.60. The minimum atomic E-state index is -0.896. The van der Waals surface area contributed by atoms with Crippen LogP contribution in [0.2, 0.25) is 0 Å². The fourth-order valence-electron chi connectivity index (χ4n) is 1.92. The molecule has 0 radical (unpaired) electrons. The summed E-state index contributed by atoms with van der Waals surface area (Å²) in [6.07, 6.45) is 0.951. The lowest BCUT2D eigenvalue weighted by molar-refractivity contribution is -0.149. The number of hydrogen-bond acceptors (Lipinski definition) is 3. The minimum Gasteiger partial charge on any atom is -0.481 e. The third-order valence-corrected chi connectivity index (χ3v) is 3.60. The largest absolute Gasteiger partial charge is 0.481 e. The van der Waals surface area contributed by atoms with Gasteiger partial charge in [0.25, 0.3) is 0 Å². The number of carboxylic acids is 1. The van der Waals surface area contributed by atoms with E-state index >= 15 is 0 Å². The molecule has 0 fully saturated rings. The number of amides is 2. The van der Waals surface area contributed by atoms with Crippen molar-refractivity contribution >= 4 is 12.0 Å². The summed E-state index contributed by atoms with van der Waals surface area (Å²) < 4.78 is 5.47. The van der Waals surface area contributed by atoms with E-state index in [1.54, 1.807) is 0 Å². The molecule has 0 aromatic heterocycles. The SMILES string of the molecule is CCOC(C)(C)CNC(=O)NCC(CC)(CC)C(=O)O. The number of carbonyl (C=O) groups is 2. The molecular formula is C14H28N2O4. The van der Waals surface area contributed by atoms with Gasteiger partial charge < -0.3 is 20.5 Å². The molecular weight excluding hydrogens is 260 g/mol. The number of rotatable bonds is 9. The van der Waals surface area contributed by atoms with Gasteiger partial charge in [-0.2, -0.15) is 0 Å². The van der Waals surface area contributed by atoms with Crippen molar-refractivity contribution in [1.82, 2.24) is 10.6 Å². The highest BCUT2D eigenvalue weighted by molar-refractivity contribution is 5.78. The van der Waals surface area contributed by atoms with Crippen LogP contribution in [-0.4, -0.2) is 42.4 Å². The molecule has 0 saturated carbocycles. The van der Waals surface area contributed by atoms with Crippen LogP contribution in [0.4, 0.5) is 4.79 Å². The van der Waals surface area contributed by atoms with Crippen LogP contribution >= 0.6 is 0 Å². The van der Waals surface area contributed by atoms with Crippen molar-refractivity contribution in [3.63, 3.8) is 0 Å². The molecule has 0 heterocycles. The highest BCUT2D eigenvalue weighted by Gasteiger charge is 2.35. The van der Waals surface area contributed by atoms with Crippen molar-refractivity contribution < 1.29 is 19.4 Å². The molecule has 0 bridgehead atoms. The molecule has 0 aliphatic carbocycles. The Morgan fingerprint density at radius 2 is 1.55 bits per heavy atom. The minimum absolute atomic E-state index is 0.121. The number of nitrogens with one attached hydrogen (secondary N) is 2. The zero-order chi connectivity index (χ0) is 15.8. The zero-order valence-corrected chi connectivity index (χ0v) is 13.2. The molecule has 0 aliphatic rings. The summed E-state index contributed by atoms with van der Waals surface area (Å²) in [5, 5.41) is 14.6. The number of aliphatic carboxylic acids is 1. The normalized spacial score (nSPS) is 12.1. The lowest BCUT2D eigenvalue weighted by Gasteiger charge is -2.28. The van der Waals surface area contributed by atoms with Crippen LogP contribution in [-0.2, 0) is 9.53 Å². The van der Waals surface area contributed by atoms with Gasteiger partial charge in [0.2, 0.25) is 0 Å². The highest BCUT2D eigenvalue weighted by Crippen LogP contribution is 2.25. The Bertz CT molecular complexity index is 325. The molecule has 20 heavy (non-hydrogen) atoms. The smallest absolute Gasteiger partial charge is 0.314 e. The first-order chi connectivity index (χ1) is 9.23. The summed E-state index contributed by atoms with van der Waals surface area (Å²) in [5.74, 6) is -0.877. The monoisotopic (exact) mass is 288 g/mol. The molecule has 0 aromatic rings. The van der Waals surface area contributed by atoms with Crippen LogP contribution in [0.5, 0.6) is 0 Å². The average Bonchev–Trinajstić information content (AvgIpc) is 2.38. The van der Waals surface area contributed by atoms with Crippen LogP contribution in [0.1, 0.15) is 47.5 Å². The number of ether oxygens (including phenoxy) is 1. The average molecular weight is 288 g/mol. The van der Waals surface area contributed by atoms with Gasteiger partial charge in [0.1, 0.15) is 0 Å². The van der Waals surface area contributed by atoms with E-state index in [0.29, 0.717) is 26.0 Å². The van der Waals surface area contributed by atoms with Crippen molar-refractivity contribution in [2.75, 3.05) is 19.7 Å². The van der Waals surface area contributed by atoms with Crippen LogP contribution in [0.25, 0.3) is 0 Å². The summed E-state index contributed by atoms with van der Waals surface area (Å²) in [4.78, 5) is 23.0. The molecule has 6 heteroatoms. The number of carbonyl (C=O) groups excluding carboxylic acids is 1. The Labute approximate surface area is 121 Å². The van der Waals surface area contributed by atoms with E-state index in [0.717, 1.165) is 0 Å². The second kappa shape index (κ2) is 8.09. The molecule has 2 amide bonds. The molecule has 6 nitrogen and oxygen atoms in total. The van der Waals surface area contributed by atoms with Crippen LogP contribution < -0.4 is 10.6 Å². The molecule has 0 spiro atoms. The fraction of sp³-hybridized carbons (Fsp3) is 0.857. The first-order valence-electron chi connectivity index (χ1n) is 7.12. The van der Waals surface area contributed by atoms with Gasteiger partial charge in [-0.25, -0.2) is 4.79 Å². The van der Waals surface area contributed by atoms with Crippen molar-refractivity contribution in [3.05, 3.63) is 0 Å². The molecule has 0 unspecified atom stereocenters. The van der Waals surface area contributed by atoms with E-state index in [4.69, 9.17) is 4.74 Å². The molecule has 3 N–H and O–H groups in total. The Hall–Kier alpha value is -1.30. The van der Waals surface area contributed by atoms with Gasteiger partial charge in [-0.15, -0.1) is 0 Å². The highest BCUT2D eigenvalue weighted by atomic mass is 16.5. The molecule has 0 aromatic carbocycles. The van der Waals surface area contributed by atoms with Crippen LogP contribution in [0, 0.1) is 5.41 Å². The van der Waals surface area contributed by atoms with Gasteiger partial charge in [-0.3, -0.25) is 4.79 Å². The topological polar surface area (TPSA) is 87.7 Å². The lowest BCUT2D eigenvalue weighted by Crippen LogP contribution is -2.49. The number of urea groups is 1. The van der Waals surface area contributed by atoms with E-state index in [2.05, 4.69) is 10.6 Å². The first-order valence-corrected chi connectivity index (χ1v) is 7.12. The molecule has 0 atom stereocenters. The second-order valence-electron chi connectivity index (χ2n) is 5.52. The third kappa shape index (κ3) is 5.77. The fourth-order valence-corrected chi connectivity index (χ4v) is 1.92. The maximum Gasteiger partial charge on any atom is 0.314 e. The molecule has 0 aliphatic heterocycles. The van der Waals surface area contributed by atoms with Gasteiger partial charge in [-0.05, 0) is 33.6 Å². The predicted octanol–water partition coefficient (Wildman–Crippen LogP) is 1.99. The molecule has 0 saturated heterocycles. The van der Waals surface area contributed by atoms with E-state index < -0.39 is 17.0 Å². The predicted molar refractivity (Wildman–Crippen MR) is 77.8 cm³/mol. The van der Waals surface area contributed by atoms with Crippen molar-refractivity contribution in [1.29, 1.82) is 0 Å². The summed E-state index contributed by atoms with van der Waals surface area (Å²) >= 11 is 0. The van der Waals surface area contributed by atoms with Gasteiger partial charge in [-0.1, -0.05) is 13.8 Å². The standard InChI is InChI=1S/C14H28N2O4/c1-6-14(7-2,11(17)18)10-16-12(19)15-9-13(4,5)20-8-3/h6-10H2,1-5H3,(H,17,18)(H2,15,16,19). The Balaban J connectivity index is 4.32. The summed E-state index contributed by atoms with van der Waals surface area (Å²) in [6.45, 7) is 10.4. The van der Waals surface area contributed by atoms with E-state index in [1.165, 1.54) is 0 Å². The zero-order valence-electron chi connectivity index (χ0n) is 13.2. The first kappa shape index (κ1) is 18.7. The van der Waals surface area contributed by atoms with Gasteiger partial charge in [0.15, 0.2) is 0 Å². The maximum absolute atomic E-state index is 11.7. The van der Waals surface area contributed by atoms with E-state index in [9.17, 15) is 14.7 Å². The van der Waals surface area contributed by atoms with E-state index in [-0.39, 0.29) is 12.6 Å². The summed E-state index contributed by atoms with van der Waals surface area (Å²) in [7, 11) is 0. The van der Waals surface area contributed by atoms with Crippen LogP contribution in [0.15, 0.2) is 0 Å². The quantitative estimate of drug-likeness (QED) is 0.605. The van der Waals surface area contributed by atoms with Gasteiger partial charge >= 0.3 is 12.0 Å². The van der Waals surface area contributed by atoms with Crippen LogP contribution in [0.3, 0.4) is 0 Å². The van der Waals surface area contributed by atoms with Crippen molar-refractivity contribution in [3.8, 4) is 0 Å². The van der Waals surface area contributed by atoms with Gasteiger partial charge in [0.05, 0.1) is 11.0 Å². The Kier molecular flexibility index (Phi) is 7.57. The van der Waals surface area contributed by atoms with Gasteiger partial charge in [0, 0.05) is 19.7 Å². The lowest BCUT2D eigenvalue weighted by atomic mass is 9.82. The van der Waals surface area contributed by atoms with E-state index in [1.807, 2.05) is 34.6 Å².